The second kappa shape index (κ2) is 4.75. The Hall–Kier alpha value is -0.920. The van der Waals surface area contributed by atoms with Gasteiger partial charge in [0.25, 0.3) is 0 Å². The zero-order valence-electron chi connectivity index (χ0n) is 10.6. The Balaban J connectivity index is 3.06. The van der Waals surface area contributed by atoms with Gasteiger partial charge in [0.2, 0.25) is 10.0 Å². The van der Waals surface area contributed by atoms with Crippen molar-refractivity contribution in [2.24, 2.45) is 11.7 Å². The van der Waals surface area contributed by atoms with Crippen LogP contribution in [0.25, 0.3) is 0 Å². The molecule has 4 N–H and O–H groups in total. The molecule has 1 aromatic heterocycles. The zero-order valence-corrected chi connectivity index (χ0v) is 11.4. The largest absolute Gasteiger partial charge is 0.329 e. The van der Waals surface area contributed by atoms with Crippen LogP contribution in [0.15, 0.2) is 11.1 Å². The molecule has 0 aromatic carbocycles. The zero-order chi connectivity index (χ0) is 13.3. The van der Waals surface area contributed by atoms with Crippen molar-refractivity contribution in [3.05, 3.63) is 11.9 Å². The molecule has 0 amide bonds. The number of hydrogen-bond donors (Lipinski definition) is 3. The maximum atomic E-state index is 12.2. The van der Waals surface area contributed by atoms with E-state index in [0.29, 0.717) is 5.69 Å². The standard InChI is InChI=1S/C10H20N4O2S/c1-7(2)10(4,6-11)14-17(15,16)9-5-12-13-8(9)3/h5,7,14H,6,11H2,1-4H3,(H,12,13). The van der Waals surface area contributed by atoms with E-state index < -0.39 is 15.6 Å². The van der Waals surface area contributed by atoms with E-state index in [1.807, 2.05) is 13.8 Å². The number of nitrogens with one attached hydrogen (secondary N) is 2. The molecule has 0 bridgehead atoms. The molecule has 0 spiro atoms. The van der Waals surface area contributed by atoms with Crippen molar-refractivity contribution in [1.82, 2.24) is 14.9 Å². The number of nitrogens with zero attached hydrogens (tertiary/aromatic N) is 1. The van der Waals surface area contributed by atoms with Gasteiger partial charge in [-0.25, -0.2) is 13.1 Å². The highest BCUT2D eigenvalue weighted by Gasteiger charge is 2.33. The van der Waals surface area contributed by atoms with Gasteiger partial charge in [0.15, 0.2) is 0 Å². The second-order valence-corrected chi connectivity index (χ2v) is 6.39. The van der Waals surface area contributed by atoms with Gasteiger partial charge in [0, 0.05) is 12.1 Å². The topological polar surface area (TPSA) is 101 Å². The Morgan fingerprint density at radius 3 is 2.53 bits per heavy atom. The number of hydrogen-bond acceptors (Lipinski definition) is 4. The highest BCUT2D eigenvalue weighted by atomic mass is 32.2. The number of aromatic nitrogens is 2. The van der Waals surface area contributed by atoms with Crippen LogP contribution >= 0.6 is 0 Å². The monoisotopic (exact) mass is 260 g/mol. The predicted molar refractivity (Wildman–Crippen MR) is 65.9 cm³/mol. The summed E-state index contributed by atoms with van der Waals surface area (Å²) in [6.45, 7) is 7.55. The normalized spacial score (nSPS) is 16.1. The fourth-order valence-corrected chi connectivity index (χ4v) is 3.05. The molecule has 1 rings (SSSR count). The van der Waals surface area contributed by atoms with Gasteiger partial charge in [-0.2, -0.15) is 5.10 Å². The average molecular weight is 260 g/mol. The van der Waals surface area contributed by atoms with E-state index in [4.69, 9.17) is 5.73 Å². The Morgan fingerprint density at radius 1 is 1.59 bits per heavy atom. The lowest BCUT2D eigenvalue weighted by Crippen LogP contribution is -2.54. The molecule has 0 saturated heterocycles. The molecule has 0 aliphatic carbocycles. The van der Waals surface area contributed by atoms with Crippen LogP contribution in [0, 0.1) is 12.8 Å². The van der Waals surface area contributed by atoms with Crippen LogP contribution in [-0.4, -0.2) is 30.7 Å². The number of aromatic amines is 1. The van der Waals surface area contributed by atoms with E-state index in [1.54, 1.807) is 13.8 Å². The molecular formula is C10H20N4O2S. The first-order valence-electron chi connectivity index (χ1n) is 5.47. The van der Waals surface area contributed by atoms with Gasteiger partial charge in [0.05, 0.1) is 11.9 Å². The van der Waals surface area contributed by atoms with Crippen molar-refractivity contribution in [3.63, 3.8) is 0 Å². The van der Waals surface area contributed by atoms with E-state index in [1.165, 1.54) is 6.20 Å². The summed E-state index contributed by atoms with van der Waals surface area (Å²) >= 11 is 0. The summed E-state index contributed by atoms with van der Waals surface area (Å²) < 4.78 is 27.0. The second-order valence-electron chi connectivity index (χ2n) is 4.74. The molecule has 1 atom stereocenters. The minimum Gasteiger partial charge on any atom is -0.329 e. The number of sulfonamides is 1. The molecule has 6 nitrogen and oxygen atoms in total. The highest BCUT2D eigenvalue weighted by molar-refractivity contribution is 7.89. The third-order valence-corrected chi connectivity index (χ3v) is 4.86. The number of rotatable bonds is 5. The highest BCUT2D eigenvalue weighted by Crippen LogP contribution is 2.20. The van der Waals surface area contributed by atoms with Gasteiger partial charge in [-0.05, 0) is 19.8 Å². The summed E-state index contributed by atoms with van der Waals surface area (Å²) in [5, 5.41) is 6.32. The van der Waals surface area contributed by atoms with Crippen LogP contribution in [0.2, 0.25) is 0 Å². The lowest BCUT2D eigenvalue weighted by Gasteiger charge is -2.32. The first-order valence-corrected chi connectivity index (χ1v) is 6.95. The maximum absolute atomic E-state index is 12.2. The Morgan fingerprint density at radius 2 is 2.18 bits per heavy atom. The minimum absolute atomic E-state index is 0.0921. The first kappa shape index (κ1) is 14.1. The Kier molecular flexibility index (Phi) is 3.95. The van der Waals surface area contributed by atoms with Crippen molar-refractivity contribution in [1.29, 1.82) is 0 Å². The van der Waals surface area contributed by atoms with Crippen molar-refractivity contribution in [2.75, 3.05) is 6.54 Å². The van der Waals surface area contributed by atoms with Crippen LogP contribution in [0.3, 0.4) is 0 Å². The van der Waals surface area contributed by atoms with E-state index >= 15 is 0 Å². The van der Waals surface area contributed by atoms with Crippen molar-refractivity contribution >= 4 is 10.0 Å². The molecule has 1 unspecified atom stereocenters. The van der Waals surface area contributed by atoms with Crippen LogP contribution in [-0.2, 0) is 10.0 Å². The van der Waals surface area contributed by atoms with E-state index in [9.17, 15) is 8.42 Å². The molecule has 0 aliphatic heterocycles. The molecular weight excluding hydrogens is 240 g/mol. The SMILES string of the molecule is Cc1[nH]ncc1S(=O)(=O)NC(C)(CN)C(C)C. The third kappa shape index (κ3) is 2.85. The molecule has 1 heterocycles. The van der Waals surface area contributed by atoms with E-state index in [-0.39, 0.29) is 17.4 Å². The van der Waals surface area contributed by atoms with Crippen LogP contribution < -0.4 is 10.5 Å². The quantitative estimate of drug-likeness (QED) is 0.712. The van der Waals surface area contributed by atoms with Gasteiger partial charge in [0.1, 0.15) is 4.90 Å². The lowest BCUT2D eigenvalue weighted by molar-refractivity contribution is 0.315. The van der Waals surface area contributed by atoms with Crippen molar-refractivity contribution in [2.45, 2.75) is 38.1 Å². The fourth-order valence-electron chi connectivity index (χ4n) is 1.37. The smallest absolute Gasteiger partial charge is 0.244 e. The average Bonchev–Trinajstić information content (AvgIpc) is 2.64. The van der Waals surface area contributed by atoms with E-state index in [2.05, 4.69) is 14.9 Å². The molecule has 0 aliphatic rings. The molecule has 0 fully saturated rings. The Labute approximate surface area is 102 Å². The number of nitrogens with two attached hydrogens (primary N) is 1. The Bertz CT molecular complexity index is 480. The summed E-state index contributed by atoms with van der Waals surface area (Å²) in [7, 11) is -3.59. The molecule has 1 aromatic rings. The summed E-state index contributed by atoms with van der Waals surface area (Å²) in [5.74, 6) is 0.0921. The third-order valence-electron chi connectivity index (χ3n) is 3.14. The van der Waals surface area contributed by atoms with Crippen molar-refractivity contribution < 1.29 is 8.42 Å². The fraction of sp³-hybridized carbons (Fsp3) is 0.700. The summed E-state index contributed by atoms with van der Waals surface area (Å²) in [4.78, 5) is 0.165. The molecule has 0 radical (unpaired) electrons. The lowest BCUT2D eigenvalue weighted by atomic mass is 9.90. The van der Waals surface area contributed by atoms with Gasteiger partial charge in [-0.1, -0.05) is 13.8 Å². The van der Waals surface area contributed by atoms with Gasteiger partial charge >= 0.3 is 0 Å². The summed E-state index contributed by atoms with van der Waals surface area (Å²) in [6.07, 6.45) is 1.30. The maximum Gasteiger partial charge on any atom is 0.244 e. The van der Waals surface area contributed by atoms with Gasteiger partial charge in [-0.3, -0.25) is 5.10 Å². The van der Waals surface area contributed by atoms with Crippen molar-refractivity contribution in [3.8, 4) is 0 Å². The first-order chi connectivity index (χ1) is 7.73. The molecule has 17 heavy (non-hydrogen) atoms. The predicted octanol–water partition coefficient (Wildman–Crippen LogP) is 0.370. The minimum atomic E-state index is -3.59. The summed E-state index contributed by atoms with van der Waals surface area (Å²) in [5.41, 5.74) is 5.51. The van der Waals surface area contributed by atoms with Gasteiger partial charge < -0.3 is 5.73 Å². The van der Waals surface area contributed by atoms with Crippen LogP contribution in [0.5, 0.6) is 0 Å². The number of aryl methyl sites for hydroxylation is 1. The van der Waals surface area contributed by atoms with Gasteiger partial charge in [-0.15, -0.1) is 0 Å². The molecule has 98 valence electrons. The molecule has 7 heteroatoms. The number of H-pyrrole nitrogens is 1. The van der Waals surface area contributed by atoms with Crippen LogP contribution in [0.1, 0.15) is 26.5 Å². The summed E-state index contributed by atoms with van der Waals surface area (Å²) in [6, 6.07) is 0. The van der Waals surface area contributed by atoms with E-state index in [0.717, 1.165) is 0 Å². The van der Waals surface area contributed by atoms with Crippen LogP contribution in [0.4, 0.5) is 0 Å². The molecule has 0 saturated carbocycles.